The van der Waals surface area contributed by atoms with E-state index in [0.29, 0.717) is 11.1 Å². The van der Waals surface area contributed by atoms with Crippen molar-refractivity contribution in [2.24, 2.45) is 0 Å². The lowest BCUT2D eigenvalue weighted by Crippen LogP contribution is -2.40. The van der Waals surface area contributed by atoms with E-state index in [1.54, 1.807) is 35.6 Å². The van der Waals surface area contributed by atoms with Crippen LogP contribution in [0, 0.1) is 0 Å². The van der Waals surface area contributed by atoms with Crippen LogP contribution in [0.3, 0.4) is 0 Å². The van der Waals surface area contributed by atoms with E-state index in [4.69, 9.17) is 0 Å². The molecule has 4 rings (SSSR count). The number of aromatic nitrogens is 1. The van der Waals surface area contributed by atoms with E-state index >= 15 is 0 Å². The molecule has 3 aromatic rings. The summed E-state index contributed by atoms with van der Waals surface area (Å²) in [6.07, 6.45) is 0. The maximum Gasteiger partial charge on any atom is 0.262 e. The standard InChI is InChI=1S/C19H17N3O2S/c1-12(17-20-15-9-5-6-10-16(15)25-17)21(2)11-22-18(23)13-7-3-4-8-14(13)19(22)24/h3-10,12H,11H2,1-2H3/t12-/m0/s1. The zero-order valence-electron chi connectivity index (χ0n) is 14.0. The third-order valence-electron chi connectivity index (χ3n) is 4.57. The highest BCUT2D eigenvalue weighted by Gasteiger charge is 2.36. The van der Waals surface area contributed by atoms with Gasteiger partial charge in [-0.3, -0.25) is 19.4 Å². The number of fused-ring (bicyclic) bond motifs is 2. The van der Waals surface area contributed by atoms with Gasteiger partial charge in [-0.2, -0.15) is 0 Å². The number of imide groups is 1. The Bertz CT molecular complexity index is 913. The molecule has 1 aromatic heterocycles. The second kappa shape index (κ2) is 6.06. The molecule has 2 heterocycles. The number of carbonyl (C=O) groups excluding carboxylic acids is 2. The van der Waals surface area contributed by atoms with Crippen molar-refractivity contribution in [2.45, 2.75) is 13.0 Å². The SMILES string of the molecule is C[C@@H](c1nc2ccccc2s1)N(C)CN1C(=O)c2ccccc2C1=O. The summed E-state index contributed by atoms with van der Waals surface area (Å²) in [5, 5.41) is 0.973. The van der Waals surface area contributed by atoms with Crippen LogP contribution in [-0.4, -0.2) is 40.3 Å². The summed E-state index contributed by atoms with van der Waals surface area (Å²) in [4.78, 5) is 33.0. The number of amides is 2. The lowest BCUT2D eigenvalue weighted by molar-refractivity contribution is 0.0531. The normalized spacial score (nSPS) is 15.2. The maximum atomic E-state index is 12.5. The quantitative estimate of drug-likeness (QED) is 0.675. The molecule has 0 bridgehead atoms. The van der Waals surface area contributed by atoms with Gasteiger partial charge in [0.2, 0.25) is 0 Å². The fourth-order valence-corrected chi connectivity index (χ4v) is 4.06. The highest BCUT2D eigenvalue weighted by Crippen LogP contribution is 2.30. The largest absolute Gasteiger partial charge is 0.279 e. The Kier molecular flexibility index (Phi) is 3.86. The minimum absolute atomic E-state index is 0.00159. The molecule has 0 radical (unpaired) electrons. The van der Waals surface area contributed by atoms with Gasteiger partial charge < -0.3 is 0 Å². The Balaban J connectivity index is 1.55. The lowest BCUT2D eigenvalue weighted by atomic mass is 10.1. The number of hydrogen-bond donors (Lipinski definition) is 0. The summed E-state index contributed by atoms with van der Waals surface area (Å²) in [5.41, 5.74) is 1.94. The molecule has 2 amide bonds. The van der Waals surface area contributed by atoms with Crippen molar-refractivity contribution in [3.63, 3.8) is 0 Å². The molecule has 1 aliphatic heterocycles. The Hall–Kier alpha value is -2.57. The van der Waals surface area contributed by atoms with E-state index in [-0.39, 0.29) is 24.5 Å². The van der Waals surface area contributed by atoms with E-state index in [9.17, 15) is 9.59 Å². The molecule has 1 aliphatic rings. The topological polar surface area (TPSA) is 53.5 Å². The van der Waals surface area contributed by atoms with Crippen molar-refractivity contribution in [3.8, 4) is 0 Å². The van der Waals surface area contributed by atoms with E-state index in [1.165, 1.54) is 4.90 Å². The van der Waals surface area contributed by atoms with E-state index < -0.39 is 0 Å². The van der Waals surface area contributed by atoms with Crippen LogP contribution in [0.25, 0.3) is 10.2 Å². The first-order valence-electron chi connectivity index (χ1n) is 8.07. The molecule has 2 aromatic carbocycles. The van der Waals surface area contributed by atoms with Gasteiger partial charge in [-0.25, -0.2) is 4.98 Å². The summed E-state index contributed by atoms with van der Waals surface area (Å²) in [5.74, 6) is -0.465. The van der Waals surface area contributed by atoms with Gasteiger partial charge in [0, 0.05) is 0 Å². The number of para-hydroxylation sites is 1. The van der Waals surface area contributed by atoms with Crippen molar-refractivity contribution >= 4 is 33.4 Å². The predicted molar refractivity (Wildman–Crippen MR) is 97.6 cm³/mol. The number of benzene rings is 2. The van der Waals surface area contributed by atoms with Gasteiger partial charge >= 0.3 is 0 Å². The Morgan fingerprint density at radius 1 is 1.04 bits per heavy atom. The molecular weight excluding hydrogens is 334 g/mol. The van der Waals surface area contributed by atoms with Crippen LogP contribution in [-0.2, 0) is 0 Å². The van der Waals surface area contributed by atoms with Crippen molar-refractivity contribution in [1.29, 1.82) is 0 Å². The van der Waals surface area contributed by atoms with Gasteiger partial charge in [0.1, 0.15) is 5.01 Å². The van der Waals surface area contributed by atoms with Crippen molar-refractivity contribution < 1.29 is 9.59 Å². The third kappa shape index (κ3) is 2.63. The second-order valence-corrected chi connectivity index (χ2v) is 7.24. The van der Waals surface area contributed by atoms with Crippen molar-refractivity contribution in [1.82, 2.24) is 14.8 Å². The Morgan fingerprint density at radius 2 is 1.64 bits per heavy atom. The smallest absolute Gasteiger partial charge is 0.262 e. The Labute approximate surface area is 149 Å². The van der Waals surface area contributed by atoms with Crippen LogP contribution in [0.2, 0.25) is 0 Å². The van der Waals surface area contributed by atoms with Gasteiger partial charge in [-0.15, -0.1) is 11.3 Å². The number of thiazole rings is 1. The number of rotatable bonds is 4. The monoisotopic (exact) mass is 351 g/mol. The number of carbonyl (C=O) groups is 2. The average molecular weight is 351 g/mol. The Morgan fingerprint density at radius 3 is 2.28 bits per heavy atom. The molecule has 0 saturated carbocycles. The predicted octanol–water partition coefficient (Wildman–Crippen LogP) is 3.54. The minimum Gasteiger partial charge on any atom is -0.279 e. The van der Waals surface area contributed by atoms with Crippen molar-refractivity contribution in [2.75, 3.05) is 13.7 Å². The number of nitrogens with zero attached hydrogens (tertiary/aromatic N) is 3. The first-order chi connectivity index (χ1) is 12.1. The first-order valence-corrected chi connectivity index (χ1v) is 8.89. The highest BCUT2D eigenvalue weighted by atomic mass is 32.1. The molecule has 0 fully saturated rings. The highest BCUT2D eigenvalue weighted by molar-refractivity contribution is 7.18. The summed E-state index contributed by atoms with van der Waals surface area (Å²) < 4.78 is 1.14. The second-order valence-electron chi connectivity index (χ2n) is 6.18. The van der Waals surface area contributed by atoms with E-state index in [0.717, 1.165) is 15.2 Å². The molecule has 0 spiro atoms. The van der Waals surface area contributed by atoms with Crippen LogP contribution in [0.1, 0.15) is 38.7 Å². The summed E-state index contributed by atoms with van der Waals surface area (Å²) >= 11 is 1.64. The van der Waals surface area contributed by atoms with Gasteiger partial charge in [0.05, 0.1) is 34.1 Å². The fourth-order valence-electron chi connectivity index (χ4n) is 2.97. The molecule has 0 saturated heterocycles. The van der Waals surface area contributed by atoms with Crippen LogP contribution in [0.4, 0.5) is 0 Å². The van der Waals surface area contributed by atoms with Crippen LogP contribution in [0.5, 0.6) is 0 Å². The number of hydrogen-bond acceptors (Lipinski definition) is 5. The van der Waals surface area contributed by atoms with Gasteiger partial charge in [0.15, 0.2) is 0 Å². The summed E-state index contributed by atoms with van der Waals surface area (Å²) in [6, 6.07) is 15.0. The molecule has 0 unspecified atom stereocenters. The van der Waals surface area contributed by atoms with E-state index in [2.05, 4.69) is 4.98 Å². The molecule has 5 nitrogen and oxygen atoms in total. The summed E-state index contributed by atoms with van der Waals surface area (Å²) in [7, 11) is 1.90. The zero-order chi connectivity index (χ0) is 17.6. The van der Waals surface area contributed by atoms with Crippen LogP contribution < -0.4 is 0 Å². The summed E-state index contributed by atoms with van der Waals surface area (Å²) in [6.45, 7) is 2.28. The lowest BCUT2D eigenvalue weighted by Gasteiger charge is -2.27. The minimum atomic E-state index is -0.232. The van der Waals surface area contributed by atoms with Crippen LogP contribution >= 0.6 is 11.3 Å². The van der Waals surface area contributed by atoms with E-state index in [1.807, 2.05) is 43.1 Å². The average Bonchev–Trinajstić information content (AvgIpc) is 3.17. The van der Waals surface area contributed by atoms with Gasteiger partial charge in [-0.05, 0) is 38.2 Å². The molecular formula is C19H17N3O2S. The third-order valence-corrected chi connectivity index (χ3v) is 5.78. The fraction of sp³-hybridized carbons (Fsp3) is 0.211. The molecule has 0 N–H and O–H groups in total. The van der Waals surface area contributed by atoms with Gasteiger partial charge in [-0.1, -0.05) is 24.3 Å². The molecule has 1 atom stereocenters. The molecule has 126 valence electrons. The molecule has 25 heavy (non-hydrogen) atoms. The molecule has 0 aliphatic carbocycles. The first kappa shape index (κ1) is 15.9. The molecule has 6 heteroatoms. The van der Waals surface area contributed by atoms with Crippen molar-refractivity contribution in [3.05, 3.63) is 64.7 Å². The maximum absolute atomic E-state index is 12.5. The van der Waals surface area contributed by atoms with Gasteiger partial charge in [0.25, 0.3) is 11.8 Å². The zero-order valence-corrected chi connectivity index (χ0v) is 14.8. The van der Waals surface area contributed by atoms with Crippen LogP contribution in [0.15, 0.2) is 48.5 Å².